The van der Waals surface area contributed by atoms with Gasteiger partial charge >= 0.3 is 6.36 Å². The number of alkyl halides is 3. The second kappa shape index (κ2) is 9.45. The summed E-state index contributed by atoms with van der Waals surface area (Å²) in [6, 6.07) is 22.0. The predicted molar refractivity (Wildman–Crippen MR) is 133 cm³/mol. The van der Waals surface area contributed by atoms with Crippen molar-refractivity contribution in [2.45, 2.75) is 50.0 Å². The normalized spacial score (nSPS) is 19.0. The molecule has 37 heavy (non-hydrogen) atoms. The van der Waals surface area contributed by atoms with Gasteiger partial charge in [0.1, 0.15) is 29.6 Å². The number of para-hydroxylation sites is 1. The fourth-order valence-corrected chi connectivity index (χ4v) is 5.19. The van der Waals surface area contributed by atoms with Gasteiger partial charge in [0.2, 0.25) is 0 Å². The lowest BCUT2D eigenvalue weighted by Gasteiger charge is -2.13. The molecule has 0 amide bonds. The highest BCUT2D eigenvalue weighted by Gasteiger charge is 2.40. The molecule has 0 spiro atoms. The van der Waals surface area contributed by atoms with Crippen molar-refractivity contribution in [2.24, 2.45) is 0 Å². The van der Waals surface area contributed by atoms with E-state index in [1.165, 1.54) is 23.8 Å². The Morgan fingerprint density at radius 1 is 0.946 bits per heavy atom. The number of nitrogens with zero attached hydrogens (tertiary/aromatic N) is 1. The maximum atomic E-state index is 13.0. The average molecular weight is 526 g/mol. The minimum Gasteiger partial charge on any atom is -0.489 e. The van der Waals surface area contributed by atoms with Gasteiger partial charge in [-0.15, -0.1) is 13.2 Å². The molecule has 2 fully saturated rings. The third-order valence-electron chi connectivity index (χ3n) is 6.91. The first-order chi connectivity index (χ1) is 17.9. The quantitative estimate of drug-likeness (QED) is 0.231. The molecule has 0 bridgehead atoms. The van der Waals surface area contributed by atoms with Crippen LogP contribution in [0, 0.1) is 0 Å². The molecular formula is C29H23ClF3NO3. The van der Waals surface area contributed by atoms with E-state index in [9.17, 15) is 13.2 Å². The molecule has 2 unspecified atom stereocenters. The van der Waals surface area contributed by atoms with Crippen molar-refractivity contribution in [2.75, 3.05) is 0 Å². The fourth-order valence-electron chi connectivity index (χ4n) is 4.88. The number of benzene rings is 3. The van der Waals surface area contributed by atoms with Crippen molar-refractivity contribution in [1.29, 1.82) is 0 Å². The van der Waals surface area contributed by atoms with Crippen molar-refractivity contribution in [3.05, 3.63) is 100 Å². The predicted octanol–water partition coefficient (Wildman–Crippen LogP) is 8.62. The minimum absolute atomic E-state index is 0.0801. The van der Waals surface area contributed by atoms with Gasteiger partial charge in [0.05, 0.1) is 5.56 Å². The molecular weight excluding hydrogens is 503 g/mol. The Morgan fingerprint density at radius 2 is 1.70 bits per heavy atom. The first-order valence-electron chi connectivity index (χ1n) is 12.2. The first kappa shape index (κ1) is 23.9. The van der Waals surface area contributed by atoms with Crippen LogP contribution in [0.5, 0.6) is 11.5 Å². The molecule has 1 heterocycles. The summed E-state index contributed by atoms with van der Waals surface area (Å²) in [6.07, 6.45) is -1.90. The fraction of sp³-hybridized carbons (Fsp3) is 0.276. The van der Waals surface area contributed by atoms with Crippen molar-refractivity contribution >= 4 is 11.6 Å². The van der Waals surface area contributed by atoms with E-state index in [1.54, 1.807) is 12.1 Å². The van der Waals surface area contributed by atoms with Gasteiger partial charge in [-0.25, -0.2) is 0 Å². The second-order valence-electron chi connectivity index (χ2n) is 9.52. The molecule has 2 aliphatic carbocycles. The smallest absolute Gasteiger partial charge is 0.489 e. The van der Waals surface area contributed by atoms with Gasteiger partial charge in [-0.3, -0.25) is 0 Å². The van der Waals surface area contributed by atoms with Crippen LogP contribution in [0.2, 0.25) is 5.02 Å². The molecule has 2 saturated carbocycles. The Balaban J connectivity index is 1.23. The van der Waals surface area contributed by atoms with E-state index in [4.69, 9.17) is 20.9 Å². The third kappa shape index (κ3) is 5.18. The summed E-state index contributed by atoms with van der Waals surface area (Å²) in [7, 11) is 0. The van der Waals surface area contributed by atoms with Gasteiger partial charge in [0.25, 0.3) is 0 Å². The van der Waals surface area contributed by atoms with Gasteiger partial charge in [-0.1, -0.05) is 65.3 Å². The van der Waals surface area contributed by atoms with Crippen LogP contribution in [-0.2, 0) is 6.61 Å². The maximum Gasteiger partial charge on any atom is 0.573 e. The van der Waals surface area contributed by atoms with Crippen molar-refractivity contribution in [1.82, 2.24) is 5.16 Å². The van der Waals surface area contributed by atoms with Crippen LogP contribution in [0.25, 0.3) is 11.3 Å². The summed E-state index contributed by atoms with van der Waals surface area (Å²) < 4.78 is 54.9. The van der Waals surface area contributed by atoms with Gasteiger partial charge in [0.15, 0.2) is 0 Å². The summed E-state index contributed by atoms with van der Waals surface area (Å²) in [4.78, 5) is 0. The number of rotatable bonds is 8. The zero-order chi connectivity index (χ0) is 25.6. The van der Waals surface area contributed by atoms with Crippen molar-refractivity contribution in [3.63, 3.8) is 0 Å². The number of halogens is 4. The van der Waals surface area contributed by atoms with E-state index in [2.05, 4.69) is 22.0 Å². The highest BCUT2D eigenvalue weighted by atomic mass is 35.5. The molecule has 1 aromatic heterocycles. The average Bonchev–Trinajstić information content (AvgIpc) is 3.81. The van der Waals surface area contributed by atoms with E-state index in [1.807, 2.05) is 30.3 Å². The molecule has 2 atom stereocenters. The Hall–Kier alpha value is -3.45. The van der Waals surface area contributed by atoms with Crippen LogP contribution in [0.1, 0.15) is 59.5 Å². The molecule has 0 saturated heterocycles. The number of ether oxygens (including phenoxy) is 2. The Morgan fingerprint density at radius 3 is 2.43 bits per heavy atom. The zero-order valence-electron chi connectivity index (χ0n) is 19.7. The lowest BCUT2D eigenvalue weighted by Crippen LogP contribution is -2.17. The monoisotopic (exact) mass is 525 g/mol. The Bertz CT molecular complexity index is 1420. The molecule has 8 heteroatoms. The van der Waals surface area contributed by atoms with Gasteiger partial charge in [-0.05, 0) is 66.5 Å². The molecule has 4 aromatic rings. The lowest BCUT2D eigenvalue weighted by molar-refractivity contribution is -0.274. The zero-order valence-corrected chi connectivity index (χ0v) is 20.4. The van der Waals surface area contributed by atoms with Crippen LogP contribution in [0.3, 0.4) is 0 Å². The maximum absolute atomic E-state index is 13.0. The van der Waals surface area contributed by atoms with Crippen LogP contribution in [0.15, 0.2) is 77.3 Å². The van der Waals surface area contributed by atoms with Crippen LogP contribution in [0.4, 0.5) is 13.2 Å². The van der Waals surface area contributed by atoms with Crippen molar-refractivity contribution in [3.8, 4) is 22.8 Å². The van der Waals surface area contributed by atoms with E-state index < -0.39 is 6.36 Å². The number of aromatic nitrogens is 1. The number of hydrogen-bond acceptors (Lipinski definition) is 4. The van der Waals surface area contributed by atoms with Gasteiger partial charge < -0.3 is 14.0 Å². The minimum atomic E-state index is -4.82. The molecule has 0 N–H and O–H groups in total. The second-order valence-corrected chi connectivity index (χ2v) is 9.93. The Labute approximate surface area is 217 Å². The summed E-state index contributed by atoms with van der Waals surface area (Å²) in [5.74, 6) is 1.90. The largest absolute Gasteiger partial charge is 0.573 e. The Kier molecular flexibility index (Phi) is 6.11. The molecule has 6 rings (SSSR count). The lowest BCUT2D eigenvalue weighted by atomic mass is 10.0. The van der Waals surface area contributed by atoms with E-state index in [-0.39, 0.29) is 29.5 Å². The molecule has 4 nitrogen and oxygen atoms in total. The van der Waals surface area contributed by atoms with Crippen molar-refractivity contribution < 1.29 is 27.2 Å². The summed E-state index contributed by atoms with van der Waals surface area (Å²) >= 11 is 6.65. The summed E-state index contributed by atoms with van der Waals surface area (Å²) in [5.41, 5.74) is 3.50. The molecule has 0 aliphatic heterocycles. The third-order valence-corrected chi connectivity index (χ3v) is 7.23. The topological polar surface area (TPSA) is 44.5 Å². The molecule has 3 aromatic carbocycles. The van der Waals surface area contributed by atoms with E-state index in [0.29, 0.717) is 33.9 Å². The summed E-state index contributed by atoms with van der Waals surface area (Å²) in [5, 5.41) is 4.76. The van der Waals surface area contributed by atoms with E-state index in [0.717, 1.165) is 24.8 Å². The van der Waals surface area contributed by atoms with Crippen LogP contribution < -0.4 is 9.47 Å². The van der Waals surface area contributed by atoms with Gasteiger partial charge in [0, 0.05) is 16.5 Å². The SMILES string of the molecule is FC(F)(F)Oc1ccccc1-c1noc(C2CC2)c1COc1ccc(C2CC2c2ccccc2)c(Cl)c1. The highest BCUT2D eigenvalue weighted by molar-refractivity contribution is 6.31. The molecule has 2 aliphatic rings. The molecule has 0 radical (unpaired) electrons. The van der Waals surface area contributed by atoms with Gasteiger partial charge in [-0.2, -0.15) is 0 Å². The first-order valence-corrected chi connectivity index (χ1v) is 12.6. The number of hydrogen-bond donors (Lipinski definition) is 0. The molecule has 190 valence electrons. The van der Waals surface area contributed by atoms with E-state index >= 15 is 0 Å². The van der Waals surface area contributed by atoms with Crippen LogP contribution in [-0.4, -0.2) is 11.5 Å². The summed E-state index contributed by atoms with van der Waals surface area (Å²) in [6.45, 7) is 0.0801. The highest BCUT2D eigenvalue weighted by Crippen LogP contribution is 2.56. The van der Waals surface area contributed by atoms with Crippen LogP contribution >= 0.6 is 11.6 Å². The standard InChI is InChI=1S/C29H23ClF3NO3/c30-25-14-19(12-13-20(25)23-15-22(23)17-6-2-1-3-7-17)35-16-24-27(34-37-28(24)18-10-11-18)21-8-4-5-9-26(21)36-29(31,32)33/h1-9,12-14,18,22-23H,10-11,15-16H2.